The summed E-state index contributed by atoms with van der Waals surface area (Å²) in [6, 6.07) is 0. The van der Waals surface area contributed by atoms with Crippen LogP contribution in [0.15, 0.2) is 0 Å². The van der Waals surface area contributed by atoms with E-state index in [1.807, 2.05) is 18.9 Å². The van der Waals surface area contributed by atoms with Crippen LogP contribution in [0.5, 0.6) is 0 Å². The first-order valence-corrected chi connectivity index (χ1v) is 7.24. The summed E-state index contributed by atoms with van der Waals surface area (Å²) in [6.45, 7) is 2.81. The molecule has 1 rings (SSSR count). The molecule has 16 heavy (non-hydrogen) atoms. The number of thioether (sulfide) groups is 1. The van der Waals surface area contributed by atoms with Crippen molar-refractivity contribution in [3.63, 3.8) is 0 Å². The normalized spacial score (nSPS) is 10.4. The molecule has 0 aromatic carbocycles. The van der Waals surface area contributed by atoms with E-state index in [4.69, 9.17) is 5.11 Å². The minimum Gasteiger partial charge on any atom is -0.477 e. The molecule has 0 saturated carbocycles. The van der Waals surface area contributed by atoms with Crippen molar-refractivity contribution in [2.45, 2.75) is 13.3 Å². The summed E-state index contributed by atoms with van der Waals surface area (Å²) >= 11 is 3.02. The summed E-state index contributed by atoms with van der Waals surface area (Å²) in [4.78, 5) is 17.7. The second-order valence-corrected chi connectivity index (χ2v) is 5.31. The van der Waals surface area contributed by atoms with E-state index >= 15 is 0 Å². The number of carbonyl (C=O) groups is 1. The van der Waals surface area contributed by atoms with E-state index in [1.54, 1.807) is 11.8 Å². The molecule has 0 fully saturated rings. The van der Waals surface area contributed by atoms with Gasteiger partial charge in [-0.3, -0.25) is 0 Å². The third kappa shape index (κ3) is 3.12. The van der Waals surface area contributed by atoms with Gasteiger partial charge in [-0.2, -0.15) is 11.8 Å². The van der Waals surface area contributed by atoms with Crippen LogP contribution in [0, 0.1) is 0 Å². The van der Waals surface area contributed by atoms with Gasteiger partial charge in [0.1, 0.15) is 4.88 Å². The van der Waals surface area contributed by atoms with Crippen molar-refractivity contribution in [2.75, 3.05) is 30.5 Å². The van der Waals surface area contributed by atoms with E-state index in [1.165, 1.54) is 11.3 Å². The summed E-state index contributed by atoms with van der Waals surface area (Å²) in [7, 11) is 1.94. The van der Waals surface area contributed by atoms with Gasteiger partial charge < -0.3 is 10.0 Å². The number of hydrogen-bond donors (Lipinski definition) is 1. The largest absolute Gasteiger partial charge is 0.477 e. The molecular formula is C10H16N2O2S2. The lowest BCUT2D eigenvalue weighted by atomic mass is 10.3. The molecule has 0 aliphatic carbocycles. The van der Waals surface area contributed by atoms with E-state index in [2.05, 4.69) is 11.2 Å². The van der Waals surface area contributed by atoms with E-state index in [-0.39, 0.29) is 0 Å². The van der Waals surface area contributed by atoms with Crippen molar-refractivity contribution in [1.82, 2.24) is 4.98 Å². The number of aromatic carboxylic acids is 1. The number of carboxylic acids is 1. The molecule has 0 bridgehead atoms. The number of thiazole rings is 1. The Morgan fingerprint density at radius 3 is 2.75 bits per heavy atom. The van der Waals surface area contributed by atoms with Crippen LogP contribution in [-0.2, 0) is 6.42 Å². The number of aryl methyl sites for hydroxylation is 1. The maximum atomic E-state index is 11.0. The molecule has 0 saturated heterocycles. The van der Waals surface area contributed by atoms with Gasteiger partial charge in [-0.05, 0) is 12.7 Å². The van der Waals surface area contributed by atoms with E-state index in [0.29, 0.717) is 17.0 Å². The van der Waals surface area contributed by atoms with Gasteiger partial charge in [0.15, 0.2) is 5.13 Å². The fraction of sp³-hybridized carbons (Fsp3) is 0.600. The highest BCUT2D eigenvalue weighted by Crippen LogP contribution is 2.26. The smallest absolute Gasteiger partial charge is 0.347 e. The van der Waals surface area contributed by atoms with Gasteiger partial charge in [-0.25, -0.2) is 9.78 Å². The van der Waals surface area contributed by atoms with Crippen LogP contribution >= 0.6 is 23.1 Å². The molecule has 90 valence electrons. The van der Waals surface area contributed by atoms with E-state index < -0.39 is 5.97 Å². The minimum absolute atomic E-state index is 0.369. The molecule has 0 unspecified atom stereocenters. The van der Waals surface area contributed by atoms with Gasteiger partial charge in [0.05, 0.1) is 5.69 Å². The number of hydrogen-bond acceptors (Lipinski definition) is 5. The summed E-state index contributed by atoms with van der Waals surface area (Å²) in [5, 5.41) is 9.81. The van der Waals surface area contributed by atoms with E-state index in [9.17, 15) is 4.79 Å². The number of nitrogens with zero attached hydrogens (tertiary/aromatic N) is 2. The lowest BCUT2D eigenvalue weighted by Crippen LogP contribution is -2.19. The molecule has 0 amide bonds. The topological polar surface area (TPSA) is 53.4 Å². The van der Waals surface area contributed by atoms with Crippen LogP contribution in [0.4, 0.5) is 5.13 Å². The average Bonchev–Trinajstić information content (AvgIpc) is 2.69. The van der Waals surface area contributed by atoms with Gasteiger partial charge in [0.2, 0.25) is 0 Å². The second kappa shape index (κ2) is 6.10. The lowest BCUT2D eigenvalue weighted by Gasteiger charge is -2.14. The van der Waals surface area contributed by atoms with Crippen molar-refractivity contribution in [2.24, 2.45) is 0 Å². The monoisotopic (exact) mass is 260 g/mol. The highest BCUT2D eigenvalue weighted by atomic mass is 32.2. The number of carboxylic acid groups (broad SMARTS) is 1. The van der Waals surface area contributed by atoms with Crippen LogP contribution in [0.2, 0.25) is 0 Å². The third-order valence-electron chi connectivity index (χ3n) is 2.17. The van der Waals surface area contributed by atoms with Crippen LogP contribution in [-0.4, -0.2) is 41.7 Å². The molecule has 0 aliphatic heterocycles. The Morgan fingerprint density at radius 2 is 2.31 bits per heavy atom. The van der Waals surface area contributed by atoms with E-state index in [0.717, 1.165) is 17.4 Å². The zero-order chi connectivity index (χ0) is 12.1. The quantitative estimate of drug-likeness (QED) is 0.850. The second-order valence-electron chi connectivity index (χ2n) is 3.35. The Labute approximate surface area is 104 Å². The van der Waals surface area contributed by atoms with Gasteiger partial charge >= 0.3 is 5.97 Å². The molecule has 1 aromatic rings. The first kappa shape index (κ1) is 13.3. The molecule has 1 N–H and O–H groups in total. The molecule has 0 spiro atoms. The average molecular weight is 260 g/mol. The Balaban J connectivity index is 2.85. The van der Waals surface area contributed by atoms with Crippen molar-refractivity contribution in [3.05, 3.63) is 10.6 Å². The molecule has 4 nitrogen and oxygen atoms in total. The third-order valence-corrected chi connectivity index (χ3v) is 3.96. The highest BCUT2D eigenvalue weighted by molar-refractivity contribution is 7.98. The Kier molecular flexibility index (Phi) is 5.08. The fourth-order valence-corrected chi connectivity index (χ4v) is 2.67. The minimum atomic E-state index is -0.876. The van der Waals surface area contributed by atoms with Crippen molar-refractivity contribution in [3.8, 4) is 0 Å². The maximum absolute atomic E-state index is 11.0. The molecule has 6 heteroatoms. The lowest BCUT2D eigenvalue weighted by molar-refractivity contribution is 0.0701. The Morgan fingerprint density at radius 1 is 1.62 bits per heavy atom. The Bertz CT molecular complexity index is 366. The molecule has 0 aliphatic rings. The van der Waals surface area contributed by atoms with Crippen molar-refractivity contribution < 1.29 is 9.90 Å². The van der Waals surface area contributed by atoms with Crippen LogP contribution in [0.25, 0.3) is 0 Å². The molecule has 0 atom stereocenters. The summed E-state index contributed by atoms with van der Waals surface area (Å²) in [5.74, 6) is 0.138. The predicted octanol–water partition coefficient (Wildman–Crippen LogP) is 2.20. The fourth-order valence-electron chi connectivity index (χ4n) is 1.23. The summed E-state index contributed by atoms with van der Waals surface area (Å²) < 4.78 is 0. The summed E-state index contributed by atoms with van der Waals surface area (Å²) in [6.07, 6.45) is 2.71. The number of anilines is 1. The predicted molar refractivity (Wildman–Crippen MR) is 70.1 cm³/mol. The van der Waals surface area contributed by atoms with Gasteiger partial charge in [0, 0.05) is 19.3 Å². The first-order valence-electron chi connectivity index (χ1n) is 5.03. The van der Waals surface area contributed by atoms with Crippen LogP contribution in [0.1, 0.15) is 22.3 Å². The molecule has 0 radical (unpaired) electrons. The van der Waals surface area contributed by atoms with Crippen molar-refractivity contribution in [1.29, 1.82) is 0 Å². The van der Waals surface area contributed by atoms with Gasteiger partial charge in [-0.15, -0.1) is 0 Å². The molecule has 1 heterocycles. The standard InChI is InChI=1S/C10H16N2O2S2/c1-4-7-8(9(13)14)16-10(11-7)12(2)5-6-15-3/h4-6H2,1-3H3,(H,13,14). The highest BCUT2D eigenvalue weighted by Gasteiger charge is 2.17. The SMILES string of the molecule is CCc1nc(N(C)CCSC)sc1C(=O)O. The molecule has 1 aromatic heterocycles. The first-order chi connectivity index (χ1) is 7.60. The van der Waals surface area contributed by atoms with Crippen molar-refractivity contribution >= 4 is 34.2 Å². The van der Waals surface area contributed by atoms with Gasteiger partial charge in [-0.1, -0.05) is 18.3 Å². The number of aromatic nitrogens is 1. The maximum Gasteiger partial charge on any atom is 0.347 e. The van der Waals surface area contributed by atoms with Crippen LogP contribution < -0.4 is 4.90 Å². The van der Waals surface area contributed by atoms with Crippen LogP contribution in [0.3, 0.4) is 0 Å². The zero-order valence-electron chi connectivity index (χ0n) is 9.69. The molecular weight excluding hydrogens is 244 g/mol. The summed E-state index contributed by atoms with van der Waals surface area (Å²) in [5.41, 5.74) is 0.684. The zero-order valence-corrected chi connectivity index (χ0v) is 11.3. The Hall–Kier alpha value is -0.750. The number of rotatable bonds is 6. The van der Waals surface area contributed by atoms with Gasteiger partial charge in [0.25, 0.3) is 0 Å².